The summed E-state index contributed by atoms with van der Waals surface area (Å²) in [7, 11) is 0. The van der Waals surface area contributed by atoms with Crippen LogP contribution in [0, 0.1) is 11.3 Å². The molecule has 2 atom stereocenters. The summed E-state index contributed by atoms with van der Waals surface area (Å²) in [5.41, 5.74) is -1.25. The number of hydrogen-bond donors (Lipinski definition) is 2. The van der Waals surface area contributed by atoms with Gasteiger partial charge in [-0.05, 0) is 18.3 Å². The van der Waals surface area contributed by atoms with Gasteiger partial charge in [-0.1, -0.05) is 20.3 Å². The smallest absolute Gasteiger partial charge is 0.331 e. The van der Waals surface area contributed by atoms with Crippen molar-refractivity contribution in [3.63, 3.8) is 0 Å². The molecule has 0 bridgehead atoms. The quantitative estimate of drug-likeness (QED) is 0.794. The lowest BCUT2D eigenvalue weighted by Crippen LogP contribution is -2.57. The van der Waals surface area contributed by atoms with Gasteiger partial charge >= 0.3 is 5.97 Å². The fourth-order valence-electron chi connectivity index (χ4n) is 3.02. The zero-order valence-corrected chi connectivity index (χ0v) is 11.0. The number of carboxylic acid groups (broad SMARTS) is 1. The summed E-state index contributed by atoms with van der Waals surface area (Å²) in [5.74, 6) is -1.22. The van der Waals surface area contributed by atoms with Crippen LogP contribution in [0.25, 0.3) is 0 Å². The number of nitrogens with one attached hydrogen (secondary N) is 1. The van der Waals surface area contributed by atoms with Gasteiger partial charge in [0.15, 0.2) is 5.54 Å². The zero-order chi connectivity index (χ0) is 13.4. The van der Waals surface area contributed by atoms with Crippen LogP contribution in [0.15, 0.2) is 0 Å². The van der Waals surface area contributed by atoms with Gasteiger partial charge in [0.1, 0.15) is 0 Å². The van der Waals surface area contributed by atoms with Gasteiger partial charge in [0, 0.05) is 18.9 Å². The first-order valence-electron chi connectivity index (χ1n) is 6.51. The number of carbonyl (C=O) groups is 2. The molecule has 2 fully saturated rings. The fourth-order valence-corrected chi connectivity index (χ4v) is 3.02. The fraction of sp³-hybridized carbons (Fsp3) is 0.846. The van der Waals surface area contributed by atoms with E-state index in [9.17, 15) is 14.7 Å². The van der Waals surface area contributed by atoms with E-state index in [1.165, 1.54) is 0 Å². The maximum absolute atomic E-state index is 12.3. The van der Waals surface area contributed by atoms with Crippen molar-refractivity contribution in [3.8, 4) is 0 Å². The van der Waals surface area contributed by atoms with Crippen LogP contribution in [0.1, 0.15) is 39.5 Å². The highest BCUT2D eigenvalue weighted by Crippen LogP contribution is 2.43. The van der Waals surface area contributed by atoms with Crippen molar-refractivity contribution in [3.05, 3.63) is 0 Å². The van der Waals surface area contributed by atoms with E-state index in [1.54, 1.807) is 0 Å². The molecule has 2 rings (SSSR count). The normalized spacial score (nSPS) is 34.4. The summed E-state index contributed by atoms with van der Waals surface area (Å²) < 4.78 is 5.14. The molecule has 18 heavy (non-hydrogen) atoms. The minimum absolute atomic E-state index is 0.0385. The lowest BCUT2D eigenvalue weighted by Gasteiger charge is -2.30. The molecule has 2 aliphatic rings. The van der Waals surface area contributed by atoms with Crippen LogP contribution in [-0.4, -0.2) is 35.7 Å². The van der Waals surface area contributed by atoms with Gasteiger partial charge in [-0.2, -0.15) is 0 Å². The largest absolute Gasteiger partial charge is 0.479 e. The summed E-state index contributed by atoms with van der Waals surface area (Å²) in [6, 6.07) is 0. The maximum atomic E-state index is 12.3. The van der Waals surface area contributed by atoms with Gasteiger partial charge in [0.25, 0.3) is 0 Å². The molecule has 2 unspecified atom stereocenters. The molecule has 1 saturated heterocycles. The molecular formula is C13H21NO4. The average molecular weight is 255 g/mol. The lowest BCUT2D eigenvalue weighted by atomic mass is 9.81. The summed E-state index contributed by atoms with van der Waals surface area (Å²) in [6.45, 7) is 4.60. The number of rotatable bonds is 3. The van der Waals surface area contributed by atoms with Crippen LogP contribution in [0.3, 0.4) is 0 Å². The highest BCUT2D eigenvalue weighted by atomic mass is 16.5. The van der Waals surface area contributed by atoms with Crippen molar-refractivity contribution in [1.29, 1.82) is 0 Å². The third-order valence-electron chi connectivity index (χ3n) is 4.37. The van der Waals surface area contributed by atoms with Crippen molar-refractivity contribution in [2.24, 2.45) is 11.3 Å². The number of hydrogen-bond acceptors (Lipinski definition) is 3. The minimum Gasteiger partial charge on any atom is -0.479 e. The predicted octanol–water partition coefficient (Wildman–Crippen LogP) is 1.17. The van der Waals surface area contributed by atoms with Gasteiger partial charge in [0.2, 0.25) is 5.91 Å². The summed E-state index contributed by atoms with van der Waals surface area (Å²) in [4.78, 5) is 23.6. The molecule has 1 saturated carbocycles. The van der Waals surface area contributed by atoms with Gasteiger partial charge < -0.3 is 15.2 Å². The number of aliphatic carboxylic acids is 1. The standard InChI is InChI=1S/C13H21NO4/c1-12(2)5-3-4-9(12)10(15)14-13(11(16)17)6-7-18-8-13/h9H,3-8H2,1-2H3,(H,14,15)(H,16,17). The van der Waals surface area contributed by atoms with E-state index in [-0.39, 0.29) is 23.8 Å². The third-order valence-corrected chi connectivity index (χ3v) is 4.37. The van der Waals surface area contributed by atoms with E-state index < -0.39 is 11.5 Å². The van der Waals surface area contributed by atoms with Crippen LogP contribution in [0.2, 0.25) is 0 Å². The maximum Gasteiger partial charge on any atom is 0.331 e. The second-order valence-electron chi connectivity index (χ2n) is 6.11. The third kappa shape index (κ3) is 2.23. The highest BCUT2D eigenvalue weighted by molar-refractivity contribution is 5.89. The molecule has 102 valence electrons. The Morgan fingerprint density at radius 2 is 2.06 bits per heavy atom. The van der Waals surface area contributed by atoms with Gasteiger partial charge in [-0.3, -0.25) is 4.79 Å². The summed E-state index contributed by atoms with van der Waals surface area (Å²) in [5, 5.41) is 12.0. The zero-order valence-electron chi connectivity index (χ0n) is 11.0. The van der Waals surface area contributed by atoms with Crippen molar-refractivity contribution >= 4 is 11.9 Å². The Morgan fingerprint density at radius 3 is 2.50 bits per heavy atom. The Kier molecular flexibility index (Phi) is 3.36. The monoisotopic (exact) mass is 255 g/mol. The Labute approximate surface area is 107 Å². The first-order valence-corrected chi connectivity index (χ1v) is 6.51. The Morgan fingerprint density at radius 1 is 1.33 bits per heavy atom. The predicted molar refractivity (Wildman–Crippen MR) is 65.1 cm³/mol. The second kappa shape index (κ2) is 4.53. The first-order chi connectivity index (χ1) is 8.37. The highest BCUT2D eigenvalue weighted by Gasteiger charge is 2.47. The molecule has 0 radical (unpaired) electrons. The SMILES string of the molecule is CC1(C)CCCC1C(=O)NC1(C(=O)O)CCOC1. The summed E-state index contributed by atoms with van der Waals surface area (Å²) in [6.07, 6.45) is 3.24. The molecule has 2 N–H and O–H groups in total. The molecule has 0 aromatic rings. The van der Waals surface area contributed by atoms with Gasteiger partial charge in [-0.25, -0.2) is 4.79 Å². The molecule has 1 amide bonds. The van der Waals surface area contributed by atoms with Crippen LogP contribution in [0.5, 0.6) is 0 Å². The molecule has 0 aromatic heterocycles. The number of amides is 1. The van der Waals surface area contributed by atoms with Crippen molar-refractivity contribution in [2.45, 2.75) is 45.1 Å². The Balaban J connectivity index is 2.08. The van der Waals surface area contributed by atoms with Crippen LogP contribution < -0.4 is 5.32 Å². The molecular weight excluding hydrogens is 234 g/mol. The van der Waals surface area contributed by atoms with Gasteiger partial charge in [-0.15, -0.1) is 0 Å². The topological polar surface area (TPSA) is 75.6 Å². The molecule has 5 heteroatoms. The summed E-state index contributed by atoms with van der Waals surface area (Å²) >= 11 is 0. The molecule has 1 heterocycles. The molecule has 1 aliphatic carbocycles. The Hall–Kier alpha value is -1.10. The Bertz CT molecular complexity index is 358. The average Bonchev–Trinajstić information content (AvgIpc) is 2.85. The minimum atomic E-state index is -1.21. The van der Waals surface area contributed by atoms with E-state index in [2.05, 4.69) is 19.2 Å². The number of ether oxygens (including phenoxy) is 1. The molecule has 0 aromatic carbocycles. The van der Waals surface area contributed by atoms with Crippen molar-refractivity contribution in [1.82, 2.24) is 5.32 Å². The van der Waals surface area contributed by atoms with Crippen molar-refractivity contribution in [2.75, 3.05) is 13.2 Å². The molecule has 1 aliphatic heterocycles. The number of carboxylic acids is 1. The van der Waals surface area contributed by atoms with Crippen molar-refractivity contribution < 1.29 is 19.4 Å². The van der Waals surface area contributed by atoms with E-state index in [1.807, 2.05) is 0 Å². The number of carbonyl (C=O) groups excluding carboxylic acids is 1. The second-order valence-corrected chi connectivity index (χ2v) is 6.11. The van der Waals surface area contributed by atoms with Gasteiger partial charge in [0.05, 0.1) is 6.61 Å². The van der Waals surface area contributed by atoms with Crippen LogP contribution in [-0.2, 0) is 14.3 Å². The van der Waals surface area contributed by atoms with E-state index in [4.69, 9.17) is 4.74 Å². The molecule has 0 spiro atoms. The lowest BCUT2D eigenvalue weighted by molar-refractivity contribution is -0.149. The van der Waals surface area contributed by atoms with E-state index in [0.717, 1.165) is 19.3 Å². The van der Waals surface area contributed by atoms with Crippen LogP contribution in [0.4, 0.5) is 0 Å². The van der Waals surface area contributed by atoms with E-state index in [0.29, 0.717) is 13.0 Å². The first kappa shape index (κ1) is 13.3. The van der Waals surface area contributed by atoms with E-state index >= 15 is 0 Å². The molecule has 5 nitrogen and oxygen atoms in total. The van der Waals surface area contributed by atoms with Crippen LogP contribution >= 0.6 is 0 Å².